The Morgan fingerprint density at radius 3 is 2.60 bits per heavy atom. The molecule has 25 heavy (non-hydrogen) atoms. The first-order valence-electron chi connectivity index (χ1n) is 7.71. The van der Waals surface area contributed by atoms with E-state index in [1.807, 2.05) is 37.3 Å². The number of nitrogens with one attached hydrogen (secondary N) is 1. The van der Waals surface area contributed by atoms with Crippen LogP contribution >= 0.6 is 24.0 Å². The number of benzene rings is 1. The Kier molecular flexibility index (Phi) is 6.21. The molecule has 0 spiro atoms. The van der Waals surface area contributed by atoms with E-state index in [2.05, 4.69) is 15.3 Å². The van der Waals surface area contributed by atoms with Crippen LogP contribution in [0.5, 0.6) is 0 Å². The second kappa shape index (κ2) is 7.99. The molecule has 0 aliphatic rings. The van der Waals surface area contributed by atoms with E-state index < -0.39 is 0 Å². The lowest BCUT2D eigenvalue weighted by atomic mass is 10.2. The average Bonchev–Trinajstić information content (AvgIpc) is 2.78. The Morgan fingerprint density at radius 2 is 1.96 bits per heavy atom. The number of aromatic nitrogens is 3. The van der Waals surface area contributed by atoms with Gasteiger partial charge in [-0.25, -0.2) is 4.39 Å². The zero-order chi connectivity index (χ0) is 17.3. The minimum absolute atomic E-state index is 0. The fraction of sp³-hybridized carbons (Fsp3) is 0.294. The van der Waals surface area contributed by atoms with Crippen LogP contribution in [0.2, 0.25) is 5.28 Å². The zero-order valence-electron chi connectivity index (χ0n) is 14.0. The third-order valence-electron chi connectivity index (χ3n) is 3.88. The smallest absolute Gasteiger partial charge is 0.226 e. The zero-order valence-corrected chi connectivity index (χ0v) is 15.5. The van der Waals surface area contributed by atoms with Gasteiger partial charge in [0.05, 0.1) is 11.1 Å². The molecule has 2 aromatic heterocycles. The fourth-order valence-corrected chi connectivity index (χ4v) is 2.89. The molecule has 8 heteroatoms. The normalized spacial score (nSPS) is 12.0. The average molecular weight is 384 g/mol. The van der Waals surface area contributed by atoms with Crippen LogP contribution in [0.3, 0.4) is 0 Å². The third-order valence-corrected chi connectivity index (χ3v) is 4.05. The SMILES string of the molecule is C[C@H](N)Cc1c(F)c2c(NCc3ccccc3)nc(Cl)nc2n1C.Cl. The standard InChI is InChI=1S/C17H19ClFN5.ClH/c1-10(20)8-12-14(19)13-15(21-9-11-6-4-3-5-7-11)22-17(18)23-16(13)24(12)2;/h3-7,10H,8-9,20H2,1-2H3,(H,21,22,23);1H/t10-;/m0./s1. The van der Waals surface area contributed by atoms with Gasteiger partial charge in [-0.3, -0.25) is 0 Å². The van der Waals surface area contributed by atoms with Crippen LogP contribution in [-0.4, -0.2) is 20.6 Å². The number of nitrogens with zero attached hydrogens (tertiary/aromatic N) is 3. The lowest BCUT2D eigenvalue weighted by Gasteiger charge is -2.07. The highest BCUT2D eigenvalue weighted by atomic mass is 35.5. The predicted molar refractivity (Wildman–Crippen MR) is 102 cm³/mol. The predicted octanol–water partition coefficient (Wildman–Crippen LogP) is 3.68. The van der Waals surface area contributed by atoms with E-state index in [1.165, 1.54) is 0 Å². The molecule has 0 fully saturated rings. The lowest BCUT2D eigenvalue weighted by Crippen LogP contribution is -2.20. The quantitative estimate of drug-likeness (QED) is 0.659. The topological polar surface area (TPSA) is 68.8 Å². The summed E-state index contributed by atoms with van der Waals surface area (Å²) < 4.78 is 16.6. The third kappa shape index (κ3) is 4.03. The highest BCUT2D eigenvalue weighted by Gasteiger charge is 2.21. The number of anilines is 1. The summed E-state index contributed by atoms with van der Waals surface area (Å²) in [5.74, 6) is 0.0369. The van der Waals surface area contributed by atoms with E-state index in [9.17, 15) is 4.39 Å². The summed E-state index contributed by atoms with van der Waals surface area (Å²) in [6, 6.07) is 9.64. The van der Waals surface area contributed by atoms with Crippen LogP contribution in [-0.2, 0) is 20.0 Å². The first-order valence-corrected chi connectivity index (χ1v) is 8.09. The minimum Gasteiger partial charge on any atom is -0.365 e. The summed E-state index contributed by atoms with van der Waals surface area (Å²) in [7, 11) is 1.76. The molecule has 3 rings (SSSR count). The Balaban J connectivity index is 0.00000225. The van der Waals surface area contributed by atoms with Gasteiger partial charge in [0.25, 0.3) is 0 Å². The molecule has 0 amide bonds. The molecule has 0 bridgehead atoms. The van der Waals surface area contributed by atoms with E-state index in [1.54, 1.807) is 11.6 Å². The first kappa shape index (κ1) is 19.4. The maximum Gasteiger partial charge on any atom is 0.226 e. The van der Waals surface area contributed by atoms with Gasteiger partial charge in [-0.1, -0.05) is 30.3 Å². The summed E-state index contributed by atoms with van der Waals surface area (Å²) >= 11 is 6.02. The molecule has 0 aliphatic carbocycles. The Morgan fingerprint density at radius 1 is 1.28 bits per heavy atom. The van der Waals surface area contributed by atoms with Crippen molar-refractivity contribution in [3.8, 4) is 0 Å². The van der Waals surface area contributed by atoms with Gasteiger partial charge in [-0.2, -0.15) is 9.97 Å². The molecule has 3 aromatic rings. The van der Waals surface area contributed by atoms with E-state index in [-0.39, 0.29) is 29.5 Å². The molecule has 0 aliphatic heterocycles. The molecule has 5 nitrogen and oxygen atoms in total. The van der Waals surface area contributed by atoms with Gasteiger partial charge >= 0.3 is 0 Å². The monoisotopic (exact) mass is 383 g/mol. The van der Waals surface area contributed by atoms with Gasteiger partial charge < -0.3 is 15.6 Å². The maximum atomic E-state index is 14.9. The second-order valence-electron chi connectivity index (χ2n) is 5.88. The van der Waals surface area contributed by atoms with E-state index in [4.69, 9.17) is 17.3 Å². The number of fused-ring (bicyclic) bond motifs is 1. The van der Waals surface area contributed by atoms with E-state index >= 15 is 0 Å². The molecular formula is C17H20Cl2FN5. The lowest BCUT2D eigenvalue weighted by molar-refractivity contribution is 0.586. The number of hydrogen-bond acceptors (Lipinski definition) is 4. The van der Waals surface area contributed by atoms with Crippen molar-refractivity contribution in [2.75, 3.05) is 5.32 Å². The molecule has 0 unspecified atom stereocenters. The van der Waals surface area contributed by atoms with Crippen molar-refractivity contribution in [1.82, 2.24) is 14.5 Å². The van der Waals surface area contributed by atoms with E-state index in [0.717, 1.165) is 5.56 Å². The Bertz CT molecular complexity index is 865. The Labute approximate surface area is 156 Å². The van der Waals surface area contributed by atoms with Gasteiger partial charge in [0, 0.05) is 26.1 Å². The van der Waals surface area contributed by atoms with Crippen molar-refractivity contribution in [3.63, 3.8) is 0 Å². The van der Waals surface area contributed by atoms with Crippen LogP contribution in [0, 0.1) is 5.82 Å². The Hall–Kier alpha value is -1.89. The summed E-state index contributed by atoms with van der Waals surface area (Å²) in [6.45, 7) is 2.35. The molecule has 134 valence electrons. The molecule has 0 saturated heterocycles. The fourth-order valence-electron chi connectivity index (χ4n) is 2.73. The van der Waals surface area contributed by atoms with Gasteiger partial charge in [0.1, 0.15) is 11.5 Å². The van der Waals surface area contributed by atoms with Crippen LogP contribution in [0.15, 0.2) is 30.3 Å². The summed E-state index contributed by atoms with van der Waals surface area (Å²) in [5, 5.41) is 3.58. The summed E-state index contributed by atoms with van der Waals surface area (Å²) in [4.78, 5) is 8.35. The number of nitrogens with two attached hydrogens (primary N) is 1. The maximum absolute atomic E-state index is 14.9. The molecule has 1 aromatic carbocycles. The summed E-state index contributed by atoms with van der Waals surface area (Å²) in [5.41, 5.74) is 7.85. The van der Waals surface area contributed by atoms with Crippen molar-refractivity contribution >= 4 is 40.9 Å². The molecule has 0 radical (unpaired) electrons. The van der Waals surface area contributed by atoms with Gasteiger partial charge in [0.15, 0.2) is 5.82 Å². The van der Waals surface area contributed by atoms with Crippen LogP contribution in [0.1, 0.15) is 18.2 Å². The van der Waals surface area contributed by atoms with Gasteiger partial charge in [0.2, 0.25) is 5.28 Å². The molecule has 0 saturated carbocycles. The molecule has 2 heterocycles. The highest BCUT2D eigenvalue weighted by molar-refractivity contribution is 6.28. The van der Waals surface area contributed by atoms with Crippen molar-refractivity contribution in [2.45, 2.75) is 25.9 Å². The highest BCUT2D eigenvalue weighted by Crippen LogP contribution is 2.30. The molecular weight excluding hydrogens is 364 g/mol. The molecule has 1 atom stereocenters. The van der Waals surface area contributed by atoms with Gasteiger partial charge in [-0.05, 0) is 24.1 Å². The number of rotatable bonds is 5. The number of halogens is 3. The van der Waals surface area contributed by atoms with Crippen molar-refractivity contribution in [3.05, 3.63) is 52.7 Å². The minimum atomic E-state index is -0.350. The van der Waals surface area contributed by atoms with E-state index in [0.29, 0.717) is 35.5 Å². The van der Waals surface area contributed by atoms with Gasteiger partial charge in [-0.15, -0.1) is 12.4 Å². The first-order chi connectivity index (χ1) is 11.5. The van der Waals surface area contributed by atoms with Crippen LogP contribution in [0.4, 0.5) is 10.2 Å². The van der Waals surface area contributed by atoms with Crippen molar-refractivity contribution < 1.29 is 4.39 Å². The number of hydrogen-bond donors (Lipinski definition) is 2. The van der Waals surface area contributed by atoms with Crippen LogP contribution < -0.4 is 11.1 Å². The van der Waals surface area contributed by atoms with Crippen molar-refractivity contribution in [2.24, 2.45) is 12.8 Å². The van der Waals surface area contributed by atoms with Crippen LogP contribution in [0.25, 0.3) is 11.0 Å². The largest absolute Gasteiger partial charge is 0.365 e. The second-order valence-corrected chi connectivity index (χ2v) is 6.22. The summed E-state index contributed by atoms with van der Waals surface area (Å²) in [6.07, 6.45) is 0.411. The van der Waals surface area contributed by atoms with Crippen molar-refractivity contribution in [1.29, 1.82) is 0 Å². The number of aryl methyl sites for hydroxylation is 1. The molecule has 3 N–H and O–H groups in total.